The molecule has 4 rings (SSSR count). The maximum atomic E-state index is 12.2. The van der Waals surface area contributed by atoms with Crippen LogP contribution >= 0.6 is 0 Å². The Morgan fingerprint density at radius 3 is 2.91 bits per heavy atom. The summed E-state index contributed by atoms with van der Waals surface area (Å²) in [7, 11) is 0. The number of nitrogens with one attached hydrogen (secondary N) is 3. The molecule has 1 aliphatic carbocycles. The molecule has 2 aromatic heterocycles. The molecule has 0 aromatic carbocycles. The van der Waals surface area contributed by atoms with Crippen molar-refractivity contribution in [2.24, 2.45) is 5.92 Å². The third-order valence-electron chi connectivity index (χ3n) is 4.69. The summed E-state index contributed by atoms with van der Waals surface area (Å²) in [4.78, 5) is 36.6. The predicted octanol–water partition coefficient (Wildman–Crippen LogP) is 0.815. The number of imide groups is 1. The summed E-state index contributed by atoms with van der Waals surface area (Å²) in [6.07, 6.45) is 7.38. The summed E-state index contributed by atoms with van der Waals surface area (Å²) in [6, 6.07) is 1.39. The van der Waals surface area contributed by atoms with E-state index >= 15 is 0 Å². The lowest BCUT2D eigenvalue weighted by Gasteiger charge is -2.28. The number of urea groups is 1. The van der Waals surface area contributed by atoms with Gasteiger partial charge in [0.2, 0.25) is 0 Å². The molecule has 118 valence electrons. The molecule has 1 spiro atoms. The molecule has 2 unspecified atom stereocenters. The molecule has 8 nitrogen and oxygen atoms in total. The molecule has 2 atom stereocenters. The van der Waals surface area contributed by atoms with Crippen LogP contribution in [0.25, 0.3) is 11.0 Å². The Labute approximate surface area is 132 Å². The topological polar surface area (TPSA) is 109 Å². The number of carbonyl (C=O) groups excluding carboxylic acids is 2. The first kappa shape index (κ1) is 13.9. The van der Waals surface area contributed by atoms with E-state index in [9.17, 15) is 9.59 Å². The second-order valence-corrected chi connectivity index (χ2v) is 5.93. The zero-order valence-corrected chi connectivity index (χ0v) is 12.4. The summed E-state index contributed by atoms with van der Waals surface area (Å²) >= 11 is 0. The summed E-state index contributed by atoms with van der Waals surface area (Å²) in [5.41, 5.74) is 0.667. The number of hydrogen-bond donors (Lipinski definition) is 3. The van der Waals surface area contributed by atoms with Crippen molar-refractivity contribution in [2.45, 2.75) is 24.8 Å². The number of rotatable bonds is 3. The lowest BCUT2D eigenvalue weighted by molar-refractivity contribution is -0.125. The number of pyridine rings is 1. The molecule has 0 radical (unpaired) electrons. The van der Waals surface area contributed by atoms with E-state index < -0.39 is 11.6 Å². The molecular formula is C15H16N6O2. The van der Waals surface area contributed by atoms with Gasteiger partial charge in [-0.05, 0) is 18.9 Å². The van der Waals surface area contributed by atoms with Crippen molar-refractivity contribution in [1.29, 1.82) is 0 Å². The molecule has 1 aliphatic heterocycles. The molecule has 2 aromatic rings. The fourth-order valence-corrected chi connectivity index (χ4v) is 3.57. The van der Waals surface area contributed by atoms with Crippen LogP contribution in [0, 0.1) is 5.92 Å². The predicted molar refractivity (Wildman–Crippen MR) is 82.6 cm³/mol. The monoisotopic (exact) mass is 312 g/mol. The maximum Gasteiger partial charge on any atom is 0.322 e. The van der Waals surface area contributed by atoms with Crippen LogP contribution in [0.4, 0.5) is 10.6 Å². The second-order valence-electron chi connectivity index (χ2n) is 5.93. The normalized spacial score (nSPS) is 26.5. The zero-order chi connectivity index (χ0) is 15.9. The maximum absolute atomic E-state index is 12.2. The SMILES string of the molecule is O=C1NC(=O)C2(CCCC2CNc2nccc3nccnc23)N1. The van der Waals surface area contributed by atoms with Crippen molar-refractivity contribution in [3.8, 4) is 0 Å². The largest absolute Gasteiger partial charge is 0.368 e. The summed E-state index contributed by atoms with van der Waals surface area (Å²) in [5.74, 6) is 0.433. The van der Waals surface area contributed by atoms with Crippen LogP contribution in [-0.2, 0) is 4.79 Å². The number of anilines is 1. The van der Waals surface area contributed by atoms with Gasteiger partial charge in [0.1, 0.15) is 11.1 Å². The molecule has 1 saturated carbocycles. The lowest BCUT2D eigenvalue weighted by Crippen LogP contribution is -2.51. The van der Waals surface area contributed by atoms with E-state index in [1.807, 2.05) is 0 Å². The van der Waals surface area contributed by atoms with Crippen molar-refractivity contribution < 1.29 is 9.59 Å². The number of fused-ring (bicyclic) bond motifs is 1. The van der Waals surface area contributed by atoms with E-state index in [1.54, 1.807) is 24.7 Å². The Morgan fingerprint density at radius 1 is 1.22 bits per heavy atom. The van der Waals surface area contributed by atoms with Crippen LogP contribution in [-0.4, -0.2) is 39.0 Å². The van der Waals surface area contributed by atoms with Crippen LogP contribution in [0.2, 0.25) is 0 Å². The molecule has 8 heteroatoms. The number of nitrogens with zero attached hydrogens (tertiary/aromatic N) is 3. The first-order chi connectivity index (χ1) is 11.2. The van der Waals surface area contributed by atoms with Crippen LogP contribution < -0.4 is 16.0 Å². The van der Waals surface area contributed by atoms with Crippen LogP contribution in [0.15, 0.2) is 24.7 Å². The minimum absolute atomic E-state index is 0.0164. The Balaban J connectivity index is 1.56. The summed E-state index contributed by atoms with van der Waals surface area (Å²) in [6.45, 7) is 0.538. The van der Waals surface area contributed by atoms with E-state index in [2.05, 4.69) is 30.9 Å². The van der Waals surface area contributed by atoms with Gasteiger partial charge in [-0.1, -0.05) is 6.42 Å². The van der Waals surface area contributed by atoms with Crippen molar-refractivity contribution in [3.05, 3.63) is 24.7 Å². The van der Waals surface area contributed by atoms with Gasteiger partial charge in [-0.3, -0.25) is 15.1 Å². The molecule has 0 bridgehead atoms. The van der Waals surface area contributed by atoms with E-state index in [0.29, 0.717) is 24.3 Å². The third kappa shape index (κ3) is 2.18. The van der Waals surface area contributed by atoms with Gasteiger partial charge in [-0.15, -0.1) is 0 Å². The average molecular weight is 312 g/mol. The lowest BCUT2D eigenvalue weighted by atomic mass is 9.87. The highest BCUT2D eigenvalue weighted by atomic mass is 16.2. The molecule has 3 amide bonds. The average Bonchev–Trinajstić information content (AvgIpc) is 3.09. The minimum atomic E-state index is -0.791. The van der Waals surface area contributed by atoms with E-state index in [4.69, 9.17) is 0 Å². The van der Waals surface area contributed by atoms with E-state index in [1.165, 1.54) is 0 Å². The van der Waals surface area contributed by atoms with Gasteiger partial charge in [0, 0.05) is 31.1 Å². The van der Waals surface area contributed by atoms with Gasteiger partial charge in [-0.2, -0.15) is 0 Å². The van der Waals surface area contributed by atoms with E-state index in [0.717, 1.165) is 18.4 Å². The zero-order valence-electron chi connectivity index (χ0n) is 12.4. The number of aromatic nitrogens is 3. The Bertz CT molecular complexity index is 789. The van der Waals surface area contributed by atoms with Crippen LogP contribution in [0.5, 0.6) is 0 Å². The van der Waals surface area contributed by atoms with E-state index in [-0.39, 0.29) is 11.8 Å². The molecule has 23 heavy (non-hydrogen) atoms. The fourth-order valence-electron chi connectivity index (χ4n) is 3.57. The molecular weight excluding hydrogens is 296 g/mol. The quantitative estimate of drug-likeness (QED) is 0.724. The highest BCUT2D eigenvalue weighted by Gasteiger charge is 2.54. The van der Waals surface area contributed by atoms with Gasteiger partial charge >= 0.3 is 6.03 Å². The van der Waals surface area contributed by atoms with Gasteiger partial charge in [0.25, 0.3) is 5.91 Å². The van der Waals surface area contributed by atoms with Crippen molar-refractivity contribution in [3.63, 3.8) is 0 Å². The van der Waals surface area contributed by atoms with Gasteiger partial charge in [0.15, 0.2) is 5.82 Å². The smallest absolute Gasteiger partial charge is 0.322 e. The van der Waals surface area contributed by atoms with Gasteiger partial charge < -0.3 is 10.6 Å². The first-order valence-corrected chi connectivity index (χ1v) is 7.62. The highest BCUT2D eigenvalue weighted by Crippen LogP contribution is 2.38. The van der Waals surface area contributed by atoms with Crippen molar-refractivity contribution in [2.75, 3.05) is 11.9 Å². The third-order valence-corrected chi connectivity index (χ3v) is 4.69. The Hall–Kier alpha value is -2.77. The molecule has 1 saturated heterocycles. The molecule has 3 heterocycles. The van der Waals surface area contributed by atoms with Crippen LogP contribution in [0.1, 0.15) is 19.3 Å². The molecule has 2 aliphatic rings. The standard InChI is InChI=1S/C15H16N6O2/c22-13-15(21-14(23)20-13)4-1-2-9(15)8-19-12-11-10(3-5-18-12)16-6-7-17-11/h3,5-7,9H,1-2,4,8H2,(H,18,19)(H2,20,21,22,23). The van der Waals surface area contributed by atoms with Gasteiger partial charge in [-0.25, -0.2) is 14.8 Å². The van der Waals surface area contributed by atoms with Crippen molar-refractivity contribution >= 4 is 28.8 Å². The molecule has 2 fully saturated rings. The number of carbonyl (C=O) groups is 2. The van der Waals surface area contributed by atoms with Crippen LogP contribution in [0.3, 0.4) is 0 Å². The first-order valence-electron chi connectivity index (χ1n) is 7.62. The fraction of sp³-hybridized carbons (Fsp3) is 0.400. The Kier molecular flexibility index (Phi) is 3.10. The summed E-state index contributed by atoms with van der Waals surface area (Å²) in [5, 5.41) is 8.44. The van der Waals surface area contributed by atoms with Gasteiger partial charge in [0.05, 0.1) is 5.52 Å². The highest BCUT2D eigenvalue weighted by molar-refractivity contribution is 6.07. The molecule has 3 N–H and O–H groups in total. The minimum Gasteiger partial charge on any atom is -0.368 e. The number of hydrogen-bond acceptors (Lipinski definition) is 6. The number of amides is 3. The Morgan fingerprint density at radius 2 is 2.09 bits per heavy atom. The summed E-state index contributed by atoms with van der Waals surface area (Å²) < 4.78 is 0. The van der Waals surface area contributed by atoms with Crippen molar-refractivity contribution in [1.82, 2.24) is 25.6 Å². The second kappa shape index (κ2) is 5.15.